The summed E-state index contributed by atoms with van der Waals surface area (Å²) in [6.07, 6.45) is 3.43. The Hall–Kier alpha value is -3.20. The third-order valence-electron chi connectivity index (χ3n) is 5.98. The number of para-hydroxylation sites is 2. The first-order chi connectivity index (χ1) is 17.2. The highest BCUT2D eigenvalue weighted by molar-refractivity contribution is 7.99. The Labute approximate surface area is 215 Å². The largest absolute Gasteiger partial charge is 0.481 e. The van der Waals surface area contributed by atoms with E-state index in [1.165, 1.54) is 28.1 Å². The summed E-state index contributed by atoms with van der Waals surface area (Å²) >= 11 is 1.84. The van der Waals surface area contributed by atoms with E-state index in [4.69, 9.17) is 5.11 Å². The maximum Gasteiger partial charge on any atom is 0.304 e. The molecule has 2 aromatic rings. The molecular weight excluding hydrogens is 483 g/mol. The fraction of sp³-hybridized carbons (Fsp3) is 0.407. The Kier molecular flexibility index (Phi) is 11.6. The molecule has 2 heterocycles. The van der Waals surface area contributed by atoms with Crippen molar-refractivity contribution < 1.29 is 28.7 Å². The molecule has 0 aromatic heterocycles. The van der Waals surface area contributed by atoms with Crippen LogP contribution in [0, 0.1) is 5.92 Å². The lowest BCUT2D eigenvalue weighted by Crippen LogP contribution is -2.42. The summed E-state index contributed by atoms with van der Waals surface area (Å²) in [5.41, 5.74) is 2.59. The van der Waals surface area contributed by atoms with Gasteiger partial charge in [-0.15, -0.1) is 0 Å². The van der Waals surface area contributed by atoms with Gasteiger partial charge in [-0.2, -0.15) is 0 Å². The zero-order valence-electron chi connectivity index (χ0n) is 20.9. The third-order valence-corrected chi connectivity index (χ3v) is 7.11. The average Bonchev–Trinajstić information content (AvgIpc) is 2.88. The number of anilines is 2. The van der Waals surface area contributed by atoms with Crippen LogP contribution in [0.3, 0.4) is 0 Å². The van der Waals surface area contributed by atoms with Gasteiger partial charge in [0.15, 0.2) is 11.6 Å². The van der Waals surface area contributed by atoms with E-state index in [9.17, 15) is 23.6 Å². The van der Waals surface area contributed by atoms with Crippen LogP contribution >= 0.6 is 11.8 Å². The van der Waals surface area contributed by atoms with Gasteiger partial charge in [0.25, 0.3) is 0 Å². The van der Waals surface area contributed by atoms with Gasteiger partial charge in [0.2, 0.25) is 6.41 Å². The van der Waals surface area contributed by atoms with Gasteiger partial charge in [-0.25, -0.2) is 4.39 Å². The van der Waals surface area contributed by atoms with E-state index in [1.807, 2.05) is 11.8 Å². The number of piperidine rings is 1. The highest BCUT2D eigenvalue weighted by atomic mass is 32.2. The van der Waals surface area contributed by atoms with Gasteiger partial charge in [0, 0.05) is 29.3 Å². The molecule has 0 bridgehead atoms. The number of likely N-dealkylation sites (tertiary alicyclic amines) is 1. The molecule has 1 fully saturated rings. The lowest BCUT2D eigenvalue weighted by Gasteiger charge is -2.30. The van der Waals surface area contributed by atoms with Crippen molar-refractivity contribution in [3.63, 3.8) is 0 Å². The number of carbonyl (C=O) groups excluding carboxylic acids is 3. The third kappa shape index (κ3) is 8.19. The van der Waals surface area contributed by atoms with Crippen LogP contribution in [0.1, 0.15) is 39.5 Å². The molecule has 2 aliphatic rings. The first-order valence-corrected chi connectivity index (χ1v) is 12.6. The maximum atomic E-state index is 11.5. The first-order valence-electron chi connectivity index (χ1n) is 11.8. The number of rotatable bonds is 6. The Balaban J connectivity index is 0.000000197. The second kappa shape index (κ2) is 14.4. The number of halogens is 1. The molecule has 0 aliphatic carbocycles. The van der Waals surface area contributed by atoms with Gasteiger partial charge in [0.05, 0.1) is 23.8 Å². The van der Waals surface area contributed by atoms with E-state index >= 15 is 0 Å². The summed E-state index contributed by atoms with van der Waals surface area (Å²) in [5.74, 6) is -2.32. The summed E-state index contributed by atoms with van der Waals surface area (Å²) in [5, 5.41) is 8.15. The minimum Gasteiger partial charge on any atom is -0.481 e. The van der Waals surface area contributed by atoms with Crippen molar-refractivity contribution in [3.8, 4) is 0 Å². The van der Waals surface area contributed by atoms with Crippen LogP contribution in [-0.4, -0.2) is 60.3 Å². The second-order valence-electron chi connectivity index (χ2n) is 8.66. The maximum absolute atomic E-state index is 11.5. The molecule has 2 unspecified atom stereocenters. The van der Waals surface area contributed by atoms with E-state index in [0.29, 0.717) is 0 Å². The van der Waals surface area contributed by atoms with Gasteiger partial charge >= 0.3 is 5.97 Å². The Bertz CT molecular complexity index is 1020. The standard InChI is InChI=1S/C13H11NS.C8H13NO2.C6H9FO3/c1-14-10-6-2-4-8-12(10)15-13-9-5-3-7-11(13)14;1-7(11)8-4-2-3-5-9(8)6-10;1-4(2-6(9)10)5(8)3-7/h2-9H,1H3;6,8H,2-5H2,1H3;4H,2-3H2,1H3,(H,9,10). The van der Waals surface area contributed by atoms with E-state index in [2.05, 4.69) is 60.5 Å². The second-order valence-corrected chi connectivity index (χ2v) is 9.74. The summed E-state index contributed by atoms with van der Waals surface area (Å²) in [4.78, 5) is 48.3. The molecule has 194 valence electrons. The van der Waals surface area contributed by atoms with Crippen LogP contribution in [-0.2, 0) is 19.2 Å². The summed E-state index contributed by atoms with van der Waals surface area (Å²) in [6.45, 7) is 2.62. The Morgan fingerprint density at radius 1 is 1.08 bits per heavy atom. The lowest BCUT2D eigenvalue weighted by atomic mass is 10.0. The van der Waals surface area contributed by atoms with Crippen molar-refractivity contribution in [2.24, 2.45) is 5.92 Å². The molecule has 4 rings (SSSR count). The molecule has 1 amide bonds. The molecule has 1 saturated heterocycles. The van der Waals surface area contributed by atoms with E-state index < -0.39 is 24.3 Å². The number of hydrogen-bond donors (Lipinski definition) is 1. The van der Waals surface area contributed by atoms with Crippen molar-refractivity contribution >= 4 is 47.1 Å². The van der Waals surface area contributed by atoms with E-state index in [0.717, 1.165) is 32.2 Å². The number of alkyl halides is 1. The zero-order valence-corrected chi connectivity index (χ0v) is 21.7. The summed E-state index contributed by atoms with van der Waals surface area (Å²) in [7, 11) is 2.12. The molecule has 0 spiro atoms. The zero-order chi connectivity index (χ0) is 26.7. The monoisotopic (exact) mass is 516 g/mol. The molecule has 7 nitrogen and oxygen atoms in total. The fourth-order valence-corrected chi connectivity index (χ4v) is 5.06. The van der Waals surface area contributed by atoms with Crippen molar-refractivity contribution in [2.75, 3.05) is 25.2 Å². The molecule has 0 radical (unpaired) electrons. The Morgan fingerprint density at radius 3 is 2.08 bits per heavy atom. The number of carboxylic acids is 1. The molecule has 2 aliphatic heterocycles. The summed E-state index contributed by atoms with van der Waals surface area (Å²) < 4.78 is 11.5. The smallest absolute Gasteiger partial charge is 0.304 e. The predicted molar refractivity (Wildman–Crippen MR) is 139 cm³/mol. The van der Waals surface area contributed by atoms with Crippen LogP contribution in [0.2, 0.25) is 0 Å². The van der Waals surface area contributed by atoms with Crippen molar-refractivity contribution in [1.82, 2.24) is 4.90 Å². The normalized spacial score (nSPS) is 16.6. The van der Waals surface area contributed by atoms with Gasteiger partial charge < -0.3 is 14.9 Å². The van der Waals surface area contributed by atoms with Gasteiger partial charge in [-0.1, -0.05) is 43.0 Å². The van der Waals surface area contributed by atoms with Gasteiger partial charge in [0.1, 0.15) is 6.67 Å². The minimum absolute atomic E-state index is 0.108. The lowest BCUT2D eigenvalue weighted by molar-refractivity contribution is -0.140. The van der Waals surface area contributed by atoms with Crippen LogP contribution < -0.4 is 4.90 Å². The topological polar surface area (TPSA) is 95.0 Å². The number of carbonyl (C=O) groups is 4. The number of nitrogens with zero attached hydrogens (tertiary/aromatic N) is 2. The molecule has 0 saturated carbocycles. The molecular formula is C27H33FN2O5S. The number of amides is 1. The van der Waals surface area contributed by atoms with Crippen LogP contribution in [0.15, 0.2) is 58.3 Å². The molecule has 1 N–H and O–H groups in total. The molecule has 2 aromatic carbocycles. The first kappa shape index (κ1) is 29.0. The van der Waals surface area contributed by atoms with Crippen molar-refractivity contribution in [3.05, 3.63) is 48.5 Å². The van der Waals surface area contributed by atoms with Crippen LogP contribution in [0.4, 0.5) is 15.8 Å². The van der Waals surface area contributed by atoms with Crippen molar-refractivity contribution in [1.29, 1.82) is 0 Å². The number of benzene rings is 2. The number of carboxylic acid groups (broad SMARTS) is 1. The number of hydrogen-bond acceptors (Lipinski definition) is 6. The number of aliphatic carboxylic acids is 1. The molecule has 36 heavy (non-hydrogen) atoms. The average molecular weight is 517 g/mol. The van der Waals surface area contributed by atoms with Crippen LogP contribution in [0.5, 0.6) is 0 Å². The van der Waals surface area contributed by atoms with E-state index in [1.54, 1.807) is 11.8 Å². The number of Topliss-reactive ketones (excluding diaryl/α,β-unsaturated/α-hetero) is 2. The molecule has 9 heteroatoms. The quantitative estimate of drug-likeness (QED) is 0.531. The summed E-state index contributed by atoms with van der Waals surface area (Å²) in [6, 6.07) is 16.9. The van der Waals surface area contributed by atoms with Gasteiger partial charge in [-0.3, -0.25) is 19.2 Å². The molecule has 2 atom stereocenters. The fourth-order valence-electron chi connectivity index (χ4n) is 3.91. The number of fused-ring (bicyclic) bond motifs is 2. The Morgan fingerprint density at radius 2 is 1.64 bits per heavy atom. The van der Waals surface area contributed by atoms with Crippen molar-refractivity contribution in [2.45, 2.75) is 55.4 Å². The van der Waals surface area contributed by atoms with E-state index in [-0.39, 0.29) is 18.2 Å². The SMILES string of the molecule is CC(=O)C1CCCCN1C=O.CC(CC(=O)O)C(=O)CF.CN1c2ccccc2Sc2ccccc21. The van der Waals surface area contributed by atoms with Crippen LogP contribution in [0.25, 0.3) is 0 Å². The highest BCUT2D eigenvalue weighted by Crippen LogP contribution is 2.46. The highest BCUT2D eigenvalue weighted by Gasteiger charge is 2.24. The van der Waals surface area contributed by atoms with Gasteiger partial charge in [-0.05, 0) is 50.5 Å². The predicted octanol–water partition coefficient (Wildman–Crippen LogP) is 5.14. The minimum atomic E-state index is -1.07. The number of ketones is 2.